The van der Waals surface area contributed by atoms with Crippen LogP contribution < -0.4 is 10.6 Å². The lowest BCUT2D eigenvalue weighted by Crippen LogP contribution is -2.22. The standard InChI is InChI=1S/C29H32N6O4S/c1-21-16-27(35(2)33-21)29(38)32-25-9-6-8-22(18-25)23-17-24(20-31-19-23)28(37)34-40(39,15-7-12-30-13-14-36)26-10-4-3-5-11-26/h3-6,8-11,16-20,30,36H,7,12-15H2,1-2H3,(H,32,38)/t40-/m0/s1. The third-order valence-electron chi connectivity index (χ3n) is 6.08. The Hall–Kier alpha value is -4.19. The van der Waals surface area contributed by atoms with Crippen LogP contribution in [0, 0.1) is 6.92 Å². The third kappa shape index (κ3) is 7.26. The van der Waals surface area contributed by atoms with Crippen LogP contribution in [0.5, 0.6) is 0 Å². The molecule has 3 N–H and O–H groups in total. The molecule has 4 aromatic rings. The van der Waals surface area contributed by atoms with Crippen LogP contribution in [-0.2, 0) is 16.8 Å². The van der Waals surface area contributed by atoms with Crippen molar-refractivity contribution in [3.05, 3.63) is 96.1 Å². The monoisotopic (exact) mass is 560 g/mol. The molecule has 0 saturated carbocycles. The summed E-state index contributed by atoms with van der Waals surface area (Å²) in [6, 6.07) is 19.3. The van der Waals surface area contributed by atoms with Gasteiger partial charge in [0.15, 0.2) is 0 Å². The number of hydrogen-bond acceptors (Lipinski definition) is 7. The van der Waals surface area contributed by atoms with E-state index >= 15 is 0 Å². The van der Waals surface area contributed by atoms with E-state index < -0.39 is 15.6 Å². The smallest absolute Gasteiger partial charge is 0.286 e. The van der Waals surface area contributed by atoms with Crippen molar-refractivity contribution < 1.29 is 18.9 Å². The summed E-state index contributed by atoms with van der Waals surface area (Å²) in [6.45, 7) is 2.81. The van der Waals surface area contributed by atoms with Gasteiger partial charge in [-0.2, -0.15) is 9.46 Å². The number of nitrogens with zero attached hydrogens (tertiary/aromatic N) is 4. The van der Waals surface area contributed by atoms with E-state index in [-0.39, 0.29) is 23.8 Å². The molecule has 0 saturated heterocycles. The van der Waals surface area contributed by atoms with Gasteiger partial charge in [-0.05, 0) is 61.9 Å². The number of carbonyl (C=O) groups excluding carboxylic acids is 2. The van der Waals surface area contributed by atoms with Crippen LogP contribution in [0.3, 0.4) is 0 Å². The van der Waals surface area contributed by atoms with Crippen molar-refractivity contribution in [2.24, 2.45) is 11.4 Å². The predicted molar refractivity (Wildman–Crippen MR) is 155 cm³/mol. The zero-order valence-corrected chi connectivity index (χ0v) is 23.2. The summed E-state index contributed by atoms with van der Waals surface area (Å²) < 4.78 is 19.6. The minimum Gasteiger partial charge on any atom is -0.395 e. The summed E-state index contributed by atoms with van der Waals surface area (Å²) in [5.74, 6) is -0.724. The van der Waals surface area contributed by atoms with Crippen molar-refractivity contribution >= 4 is 27.2 Å². The Balaban J connectivity index is 1.57. The molecule has 0 aliphatic heterocycles. The fourth-order valence-electron chi connectivity index (χ4n) is 4.14. The summed E-state index contributed by atoms with van der Waals surface area (Å²) in [4.78, 5) is 30.7. The minimum atomic E-state index is -3.04. The van der Waals surface area contributed by atoms with Crippen molar-refractivity contribution in [3.8, 4) is 11.1 Å². The lowest BCUT2D eigenvalue weighted by atomic mass is 10.1. The van der Waals surface area contributed by atoms with Gasteiger partial charge >= 0.3 is 0 Å². The fraction of sp³-hybridized carbons (Fsp3) is 0.241. The minimum absolute atomic E-state index is 0.0135. The summed E-state index contributed by atoms with van der Waals surface area (Å²) in [6.07, 6.45) is 3.53. The quantitative estimate of drug-likeness (QED) is 0.238. The lowest BCUT2D eigenvalue weighted by molar-refractivity contribution is 0.0999. The second-order valence-corrected chi connectivity index (χ2v) is 11.5. The van der Waals surface area contributed by atoms with Crippen molar-refractivity contribution in [3.63, 3.8) is 0 Å². The number of carbonyl (C=O) groups is 2. The summed E-state index contributed by atoms with van der Waals surface area (Å²) >= 11 is 0. The molecular formula is C29H32N6O4S. The van der Waals surface area contributed by atoms with Crippen LogP contribution in [-0.4, -0.2) is 61.3 Å². The topological polar surface area (TPSA) is 139 Å². The molecule has 2 amide bonds. The zero-order chi connectivity index (χ0) is 28.5. The highest BCUT2D eigenvalue weighted by atomic mass is 32.2. The van der Waals surface area contributed by atoms with E-state index in [0.29, 0.717) is 41.4 Å². The molecule has 2 aromatic carbocycles. The number of hydrogen-bond donors (Lipinski definition) is 3. The van der Waals surface area contributed by atoms with Gasteiger partial charge in [0.1, 0.15) is 5.69 Å². The average Bonchev–Trinajstić information content (AvgIpc) is 3.31. The third-order valence-corrected chi connectivity index (χ3v) is 8.39. The Bertz CT molecular complexity index is 1610. The average molecular weight is 561 g/mol. The molecule has 0 unspecified atom stereocenters. The van der Waals surface area contributed by atoms with Crippen molar-refractivity contribution in [1.82, 2.24) is 20.1 Å². The Kier molecular flexibility index (Phi) is 9.54. The molecular weight excluding hydrogens is 528 g/mol. The van der Waals surface area contributed by atoms with E-state index in [1.165, 1.54) is 10.9 Å². The number of amides is 2. The number of aromatic nitrogens is 3. The summed E-state index contributed by atoms with van der Waals surface area (Å²) in [7, 11) is -1.33. The molecule has 11 heteroatoms. The van der Waals surface area contributed by atoms with Gasteiger partial charge < -0.3 is 15.7 Å². The van der Waals surface area contributed by atoms with Gasteiger partial charge in [0.05, 0.1) is 27.6 Å². The number of aliphatic hydroxyl groups is 1. The first-order chi connectivity index (χ1) is 19.3. The van der Waals surface area contributed by atoms with E-state index in [0.717, 1.165) is 11.3 Å². The molecule has 40 heavy (non-hydrogen) atoms. The second kappa shape index (κ2) is 13.2. The number of benzene rings is 2. The number of anilines is 1. The van der Waals surface area contributed by atoms with Crippen LogP contribution in [0.25, 0.3) is 11.1 Å². The predicted octanol–water partition coefficient (Wildman–Crippen LogP) is 3.68. The van der Waals surface area contributed by atoms with Crippen LogP contribution in [0.15, 0.2) is 88.4 Å². The normalized spacial score (nSPS) is 12.5. The maximum Gasteiger partial charge on any atom is 0.286 e. The Morgan fingerprint density at radius 2 is 1.80 bits per heavy atom. The maximum absolute atomic E-state index is 13.9. The largest absolute Gasteiger partial charge is 0.395 e. The van der Waals surface area contributed by atoms with Crippen molar-refractivity contribution in [2.75, 3.05) is 30.8 Å². The Labute approximate surface area is 233 Å². The molecule has 208 valence electrons. The van der Waals surface area contributed by atoms with Crippen LogP contribution in [0.1, 0.15) is 33.0 Å². The van der Waals surface area contributed by atoms with Crippen LogP contribution in [0.4, 0.5) is 5.69 Å². The van der Waals surface area contributed by atoms with E-state index in [1.54, 1.807) is 67.8 Å². The molecule has 2 heterocycles. The highest BCUT2D eigenvalue weighted by molar-refractivity contribution is 7.94. The van der Waals surface area contributed by atoms with E-state index in [1.807, 2.05) is 19.1 Å². The fourth-order valence-corrected chi connectivity index (χ4v) is 6.07. The van der Waals surface area contributed by atoms with Gasteiger partial charge in [0, 0.05) is 47.9 Å². The molecule has 0 bridgehead atoms. The van der Waals surface area contributed by atoms with Gasteiger partial charge in [-0.15, -0.1) is 0 Å². The van der Waals surface area contributed by atoms with Gasteiger partial charge in [-0.1, -0.05) is 30.3 Å². The van der Waals surface area contributed by atoms with Gasteiger partial charge in [0.25, 0.3) is 11.8 Å². The molecule has 10 nitrogen and oxygen atoms in total. The van der Waals surface area contributed by atoms with E-state index in [4.69, 9.17) is 5.11 Å². The SMILES string of the molecule is Cc1cc(C(=O)Nc2cccc(-c3cncc(C(=O)N=[S@](=O)(CCCNCCO)c4ccccc4)c3)c2)n(C)n1. The van der Waals surface area contributed by atoms with E-state index in [9.17, 15) is 13.8 Å². The van der Waals surface area contributed by atoms with Crippen molar-refractivity contribution in [1.29, 1.82) is 0 Å². The summed E-state index contributed by atoms with van der Waals surface area (Å²) in [5.41, 5.74) is 3.34. The second-order valence-electron chi connectivity index (χ2n) is 9.17. The molecule has 0 spiro atoms. The Morgan fingerprint density at radius 3 is 2.52 bits per heavy atom. The molecule has 2 aromatic heterocycles. The van der Waals surface area contributed by atoms with Gasteiger partial charge in [-0.25, -0.2) is 4.21 Å². The summed E-state index contributed by atoms with van der Waals surface area (Å²) in [5, 5.41) is 19.1. The maximum atomic E-state index is 13.9. The number of pyridine rings is 1. The van der Waals surface area contributed by atoms with Crippen LogP contribution >= 0.6 is 0 Å². The number of aryl methyl sites for hydroxylation is 2. The number of rotatable bonds is 11. The number of aliphatic hydroxyl groups excluding tert-OH is 1. The highest BCUT2D eigenvalue weighted by Crippen LogP contribution is 2.24. The molecule has 0 aliphatic rings. The van der Waals surface area contributed by atoms with Crippen molar-refractivity contribution in [2.45, 2.75) is 18.2 Å². The van der Waals surface area contributed by atoms with E-state index in [2.05, 4.69) is 25.1 Å². The molecule has 1 atom stereocenters. The molecule has 4 rings (SSSR count). The number of nitrogens with one attached hydrogen (secondary N) is 2. The zero-order valence-electron chi connectivity index (χ0n) is 22.4. The first-order valence-electron chi connectivity index (χ1n) is 12.8. The lowest BCUT2D eigenvalue weighted by Gasteiger charge is -2.11. The molecule has 0 radical (unpaired) electrons. The Morgan fingerprint density at radius 1 is 1.00 bits per heavy atom. The molecule has 0 fully saturated rings. The van der Waals surface area contributed by atoms with Gasteiger partial charge in [-0.3, -0.25) is 19.3 Å². The first kappa shape index (κ1) is 28.8. The molecule has 0 aliphatic carbocycles. The van der Waals surface area contributed by atoms with Crippen LogP contribution in [0.2, 0.25) is 0 Å². The first-order valence-corrected chi connectivity index (χ1v) is 14.5. The van der Waals surface area contributed by atoms with Gasteiger partial charge in [0.2, 0.25) is 0 Å². The highest BCUT2D eigenvalue weighted by Gasteiger charge is 2.17.